The summed E-state index contributed by atoms with van der Waals surface area (Å²) in [6, 6.07) is 10.6. The zero-order valence-electron chi connectivity index (χ0n) is 16.1. The van der Waals surface area contributed by atoms with Crippen LogP contribution in [0.2, 0.25) is 0 Å². The minimum Gasteiger partial charge on any atom is -0.381 e. The summed E-state index contributed by atoms with van der Waals surface area (Å²) in [4.78, 5) is 17.3. The third kappa shape index (κ3) is 6.61. The van der Waals surface area contributed by atoms with Crippen molar-refractivity contribution >= 4 is 30.7 Å². The lowest BCUT2D eigenvalue weighted by Gasteiger charge is -2.31. The smallest absolute Gasteiger partial charge is 0.239 e. The Bertz CT molecular complexity index is 555. The molecule has 1 amide bonds. The number of carbonyl (C=O) groups excluding carboxylic acids is 1. The van der Waals surface area contributed by atoms with E-state index in [9.17, 15) is 4.79 Å². The zero-order valence-corrected chi connectivity index (χ0v) is 17.7. The molecule has 0 spiro atoms. The molecule has 0 saturated carbocycles. The second-order valence-electron chi connectivity index (χ2n) is 7.39. The first-order chi connectivity index (χ1) is 12.1. The molecule has 2 aliphatic heterocycles. The van der Waals surface area contributed by atoms with E-state index in [1.54, 1.807) is 0 Å². The highest BCUT2D eigenvalue weighted by Crippen LogP contribution is 2.21. The summed E-state index contributed by atoms with van der Waals surface area (Å²) >= 11 is 0. The molecule has 2 atom stereocenters. The van der Waals surface area contributed by atoms with Gasteiger partial charge in [-0.2, -0.15) is 0 Å². The summed E-state index contributed by atoms with van der Waals surface area (Å²) in [6.45, 7) is 7.14. The molecule has 2 saturated heterocycles. The van der Waals surface area contributed by atoms with E-state index in [4.69, 9.17) is 10.5 Å². The van der Waals surface area contributed by atoms with Crippen LogP contribution in [0, 0.1) is 5.92 Å². The highest BCUT2D eigenvalue weighted by molar-refractivity contribution is 5.85. The van der Waals surface area contributed by atoms with E-state index in [2.05, 4.69) is 36.1 Å². The molecule has 1 aromatic rings. The summed E-state index contributed by atoms with van der Waals surface area (Å²) in [7, 11) is 0. The van der Waals surface area contributed by atoms with Gasteiger partial charge in [0.25, 0.3) is 0 Å². The van der Waals surface area contributed by atoms with Gasteiger partial charge in [-0.3, -0.25) is 9.69 Å². The van der Waals surface area contributed by atoms with Crippen molar-refractivity contribution in [1.29, 1.82) is 0 Å². The Balaban J connectivity index is 0.00000182. The van der Waals surface area contributed by atoms with Crippen LogP contribution in [-0.2, 0) is 16.1 Å². The van der Waals surface area contributed by atoms with Crippen LogP contribution in [0.1, 0.15) is 31.7 Å². The average Bonchev–Trinajstić information content (AvgIpc) is 2.84. The summed E-state index contributed by atoms with van der Waals surface area (Å²) in [5, 5.41) is 0. The Morgan fingerprint density at radius 3 is 2.44 bits per heavy atom. The van der Waals surface area contributed by atoms with Crippen LogP contribution in [0.3, 0.4) is 0 Å². The largest absolute Gasteiger partial charge is 0.381 e. The molecule has 2 N–H and O–H groups in total. The standard InChI is InChI=1S/C20H31N3O2.2ClH/c1-16-7-10-22(20(24)19(21)18-8-13-25-14-9-18)11-12-23(16)15-17-5-3-2-4-6-17;;/h2-6,16,18-19H,7-15,21H2,1H3;2*1H. The van der Waals surface area contributed by atoms with Crippen LogP contribution < -0.4 is 5.73 Å². The normalized spacial score (nSPS) is 22.9. The first kappa shape index (κ1) is 24.2. The molecule has 0 bridgehead atoms. The van der Waals surface area contributed by atoms with Gasteiger partial charge in [-0.25, -0.2) is 0 Å². The van der Waals surface area contributed by atoms with E-state index in [-0.39, 0.29) is 42.7 Å². The molecule has 0 radical (unpaired) electrons. The van der Waals surface area contributed by atoms with Gasteiger partial charge in [0, 0.05) is 45.4 Å². The molecule has 2 aliphatic rings. The lowest BCUT2D eigenvalue weighted by atomic mass is 9.91. The Hall–Kier alpha value is -0.850. The van der Waals surface area contributed by atoms with E-state index in [0.29, 0.717) is 6.04 Å². The molecule has 2 fully saturated rings. The maximum atomic E-state index is 12.9. The lowest BCUT2D eigenvalue weighted by Crippen LogP contribution is -2.49. The average molecular weight is 418 g/mol. The van der Waals surface area contributed by atoms with Crippen molar-refractivity contribution in [3.63, 3.8) is 0 Å². The monoisotopic (exact) mass is 417 g/mol. The maximum absolute atomic E-state index is 12.9. The molecular weight excluding hydrogens is 385 g/mol. The molecule has 0 aromatic heterocycles. The van der Waals surface area contributed by atoms with Crippen molar-refractivity contribution in [1.82, 2.24) is 9.80 Å². The van der Waals surface area contributed by atoms with E-state index in [0.717, 1.165) is 58.7 Å². The van der Waals surface area contributed by atoms with Crippen molar-refractivity contribution in [2.24, 2.45) is 11.7 Å². The SMILES string of the molecule is CC1CCN(C(=O)C(N)C2CCOCC2)CCN1Cc1ccccc1.Cl.Cl. The van der Waals surface area contributed by atoms with Crippen molar-refractivity contribution in [3.8, 4) is 0 Å². The van der Waals surface area contributed by atoms with E-state index in [1.807, 2.05) is 11.0 Å². The second kappa shape index (κ2) is 11.9. The fourth-order valence-corrected chi connectivity index (χ4v) is 3.87. The Kier molecular flexibility index (Phi) is 10.6. The number of ether oxygens (including phenoxy) is 1. The van der Waals surface area contributed by atoms with Crippen molar-refractivity contribution in [3.05, 3.63) is 35.9 Å². The molecule has 2 unspecified atom stereocenters. The lowest BCUT2D eigenvalue weighted by molar-refractivity contribution is -0.134. The molecule has 154 valence electrons. The minimum absolute atomic E-state index is 0. The molecule has 5 nitrogen and oxygen atoms in total. The van der Waals surface area contributed by atoms with Gasteiger partial charge in [0.2, 0.25) is 5.91 Å². The van der Waals surface area contributed by atoms with Crippen LogP contribution in [0.15, 0.2) is 30.3 Å². The van der Waals surface area contributed by atoms with Gasteiger partial charge in [0.15, 0.2) is 0 Å². The number of amides is 1. The summed E-state index contributed by atoms with van der Waals surface area (Å²) in [5.41, 5.74) is 7.63. The number of halogens is 2. The fourth-order valence-electron chi connectivity index (χ4n) is 3.87. The first-order valence-electron chi connectivity index (χ1n) is 9.55. The van der Waals surface area contributed by atoms with Gasteiger partial charge in [-0.05, 0) is 37.7 Å². The van der Waals surface area contributed by atoms with Gasteiger partial charge in [0.1, 0.15) is 0 Å². The predicted molar refractivity (Wildman–Crippen MR) is 114 cm³/mol. The van der Waals surface area contributed by atoms with Crippen molar-refractivity contribution in [2.45, 2.75) is 44.8 Å². The summed E-state index contributed by atoms with van der Waals surface area (Å²) in [5.74, 6) is 0.392. The molecule has 0 aliphatic carbocycles. The first-order valence-corrected chi connectivity index (χ1v) is 9.55. The highest BCUT2D eigenvalue weighted by Gasteiger charge is 2.31. The minimum atomic E-state index is -0.375. The quantitative estimate of drug-likeness (QED) is 0.817. The number of benzene rings is 1. The summed E-state index contributed by atoms with van der Waals surface area (Å²) < 4.78 is 5.39. The Labute approximate surface area is 175 Å². The molecule has 1 aromatic carbocycles. The fraction of sp³-hybridized carbons (Fsp3) is 0.650. The topological polar surface area (TPSA) is 58.8 Å². The Morgan fingerprint density at radius 2 is 1.78 bits per heavy atom. The van der Waals surface area contributed by atoms with Crippen LogP contribution >= 0.6 is 24.8 Å². The zero-order chi connectivity index (χ0) is 17.6. The second-order valence-corrected chi connectivity index (χ2v) is 7.39. The van der Waals surface area contributed by atoms with Crippen LogP contribution in [0.5, 0.6) is 0 Å². The predicted octanol–water partition coefficient (Wildman–Crippen LogP) is 2.71. The van der Waals surface area contributed by atoms with Crippen molar-refractivity contribution in [2.75, 3.05) is 32.8 Å². The van der Waals surface area contributed by atoms with Gasteiger partial charge in [-0.1, -0.05) is 30.3 Å². The van der Waals surface area contributed by atoms with Gasteiger partial charge >= 0.3 is 0 Å². The number of nitrogens with two attached hydrogens (primary N) is 1. The van der Waals surface area contributed by atoms with Gasteiger partial charge < -0.3 is 15.4 Å². The van der Waals surface area contributed by atoms with Crippen LogP contribution in [0.25, 0.3) is 0 Å². The molecule has 27 heavy (non-hydrogen) atoms. The van der Waals surface area contributed by atoms with E-state index < -0.39 is 0 Å². The van der Waals surface area contributed by atoms with Gasteiger partial charge in [0.05, 0.1) is 6.04 Å². The number of hydrogen-bond donors (Lipinski definition) is 1. The molecule has 3 rings (SSSR count). The molecule has 2 heterocycles. The number of nitrogens with zero attached hydrogens (tertiary/aromatic N) is 2. The molecule has 7 heteroatoms. The van der Waals surface area contributed by atoms with Gasteiger partial charge in [-0.15, -0.1) is 24.8 Å². The molecular formula is C20H33Cl2N3O2. The maximum Gasteiger partial charge on any atom is 0.239 e. The number of rotatable bonds is 4. The van der Waals surface area contributed by atoms with Crippen LogP contribution in [-0.4, -0.2) is 60.6 Å². The number of carbonyl (C=O) groups is 1. The number of hydrogen-bond acceptors (Lipinski definition) is 4. The van der Waals surface area contributed by atoms with E-state index in [1.165, 1.54) is 5.56 Å². The highest BCUT2D eigenvalue weighted by atomic mass is 35.5. The third-order valence-corrected chi connectivity index (χ3v) is 5.70. The summed E-state index contributed by atoms with van der Waals surface area (Å²) in [6.07, 6.45) is 2.80. The van der Waals surface area contributed by atoms with E-state index >= 15 is 0 Å². The Morgan fingerprint density at radius 1 is 1.11 bits per heavy atom. The third-order valence-electron chi connectivity index (χ3n) is 5.70. The van der Waals surface area contributed by atoms with Crippen molar-refractivity contribution < 1.29 is 9.53 Å². The van der Waals surface area contributed by atoms with Crippen LogP contribution in [0.4, 0.5) is 0 Å².